The molecule has 29 heavy (non-hydrogen) atoms. The molecular formula is C23H19N5S. The van der Waals surface area contributed by atoms with Crippen LogP contribution in [0.2, 0.25) is 0 Å². The SMILES string of the molecule is Cc1cccc(Nc2nn3c(C(c4ccccc4)c4ccccc4)nnc3s2)c1. The highest BCUT2D eigenvalue weighted by molar-refractivity contribution is 7.20. The number of aromatic nitrogens is 4. The summed E-state index contributed by atoms with van der Waals surface area (Å²) in [6, 6.07) is 29.0. The summed E-state index contributed by atoms with van der Waals surface area (Å²) < 4.78 is 1.85. The van der Waals surface area contributed by atoms with E-state index in [0.717, 1.165) is 32.7 Å². The van der Waals surface area contributed by atoms with Crippen molar-refractivity contribution >= 4 is 27.1 Å². The highest BCUT2D eigenvalue weighted by Crippen LogP contribution is 2.32. The Morgan fingerprint density at radius 3 is 2.17 bits per heavy atom. The fraction of sp³-hybridized carbons (Fsp3) is 0.0870. The first-order valence-corrected chi connectivity index (χ1v) is 10.3. The van der Waals surface area contributed by atoms with E-state index in [4.69, 9.17) is 5.10 Å². The molecule has 0 aliphatic heterocycles. The zero-order chi connectivity index (χ0) is 19.6. The van der Waals surface area contributed by atoms with E-state index < -0.39 is 0 Å². The Hall–Kier alpha value is -3.51. The van der Waals surface area contributed by atoms with Crippen LogP contribution in [0.1, 0.15) is 28.4 Å². The van der Waals surface area contributed by atoms with Gasteiger partial charge in [-0.2, -0.15) is 4.52 Å². The normalized spacial score (nSPS) is 11.2. The maximum Gasteiger partial charge on any atom is 0.236 e. The second kappa shape index (κ2) is 7.48. The summed E-state index contributed by atoms with van der Waals surface area (Å²) in [5, 5.41) is 17.8. The van der Waals surface area contributed by atoms with Crippen molar-refractivity contribution in [2.24, 2.45) is 0 Å². The monoisotopic (exact) mass is 397 g/mol. The molecule has 0 aliphatic rings. The molecule has 5 aromatic rings. The van der Waals surface area contributed by atoms with Crippen LogP contribution < -0.4 is 5.32 Å². The van der Waals surface area contributed by atoms with E-state index in [-0.39, 0.29) is 5.92 Å². The Bertz CT molecular complexity index is 1200. The molecule has 2 heterocycles. The highest BCUT2D eigenvalue weighted by Gasteiger charge is 2.24. The lowest BCUT2D eigenvalue weighted by atomic mass is 9.91. The Balaban J connectivity index is 1.58. The molecule has 142 valence electrons. The van der Waals surface area contributed by atoms with Crippen molar-refractivity contribution < 1.29 is 0 Å². The first-order valence-electron chi connectivity index (χ1n) is 9.44. The van der Waals surface area contributed by atoms with Gasteiger partial charge in [-0.3, -0.25) is 0 Å². The van der Waals surface area contributed by atoms with Gasteiger partial charge in [-0.15, -0.1) is 15.3 Å². The van der Waals surface area contributed by atoms with E-state index in [0.29, 0.717) is 0 Å². The second-order valence-electron chi connectivity index (χ2n) is 6.91. The van der Waals surface area contributed by atoms with Gasteiger partial charge in [0.1, 0.15) is 0 Å². The predicted octanol–water partition coefficient (Wildman–Crippen LogP) is 5.42. The number of nitrogens with one attached hydrogen (secondary N) is 1. The Kier molecular flexibility index (Phi) is 4.54. The van der Waals surface area contributed by atoms with Crippen molar-refractivity contribution in [3.8, 4) is 0 Å². The lowest BCUT2D eigenvalue weighted by Gasteiger charge is -2.15. The van der Waals surface area contributed by atoms with Crippen LogP contribution in [0.3, 0.4) is 0 Å². The van der Waals surface area contributed by atoms with Crippen LogP contribution in [0.4, 0.5) is 10.8 Å². The van der Waals surface area contributed by atoms with Crippen molar-refractivity contribution in [3.63, 3.8) is 0 Å². The van der Waals surface area contributed by atoms with Crippen LogP contribution in [0.25, 0.3) is 4.96 Å². The Morgan fingerprint density at radius 1 is 0.828 bits per heavy atom. The van der Waals surface area contributed by atoms with Crippen molar-refractivity contribution in [2.45, 2.75) is 12.8 Å². The quantitative estimate of drug-likeness (QED) is 0.430. The van der Waals surface area contributed by atoms with E-state index >= 15 is 0 Å². The summed E-state index contributed by atoms with van der Waals surface area (Å²) >= 11 is 1.49. The topological polar surface area (TPSA) is 55.1 Å². The fourth-order valence-corrected chi connectivity index (χ4v) is 4.26. The van der Waals surface area contributed by atoms with Gasteiger partial charge in [0.05, 0.1) is 5.92 Å². The molecule has 0 unspecified atom stereocenters. The van der Waals surface area contributed by atoms with E-state index in [2.05, 4.69) is 83.1 Å². The van der Waals surface area contributed by atoms with Gasteiger partial charge in [0, 0.05) is 5.69 Å². The summed E-state index contributed by atoms with van der Waals surface area (Å²) in [5.41, 5.74) is 4.54. The molecule has 0 amide bonds. The van der Waals surface area contributed by atoms with E-state index in [1.165, 1.54) is 16.9 Å². The summed E-state index contributed by atoms with van der Waals surface area (Å²) in [5.74, 6) is 0.771. The third-order valence-electron chi connectivity index (χ3n) is 4.81. The number of benzene rings is 3. The number of anilines is 2. The van der Waals surface area contributed by atoms with Gasteiger partial charge in [-0.25, -0.2) is 0 Å². The molecular weight excluding hydrogens is 378 g/mol. The Morgan fingerprint density at radius 2 is 1.52 bits per heavy atom. The minimum absolute atomic E-state index is 0.0404. The molecule has 1 N–H and O–H groups in total. The number of hydrogen-bond acceptors (Lipinski definition) is 5. The number of fused-ring (bicyclic) bond motifs is 1. The average molecular weight is 398 g/mol. The molecule has 0 fully saturated rings. The maximum absolute atomic E-state index is 4.77. The molecule has 3 aromatic carbocycles. The van der Waals surface area contributed by atoms with Crippen LogP contribution >= 0.6 is 11.3 Å². The lowest BCUT2D eigenvalue weighted by molar-refractivity contribution is 0.786. The zero-order valence-corrected chi connectivity index (χ0v) is 16.7. The third-order valence-corrected chi connectivity index (χ3v) is 5.62. The number of aryl methyl sites for hydroxylation is 1. The van der Waals surface area contributed by atoms with Gasteiger partial charge in [0.2, 0.25) is 10.1 Å². The van der Waals surface area contributed by atoms with E-state index in [9.17, 15) is 0 Å². The smallest absolute Gasteiger partial charge is 0.236 e. The maximum atomic E-state index is 4.77. The summed E-state index contributed by atoms with van der Waals surface area (Å²) in [6.45, 7) is 2.08. The summed E-state index contributed by atoms with van der Waals surface area (Å²) in [7, 11) is 0. The molecule has 0 saturated heterocycles. The van der Waals surface area contributed by atoms with Crippen LogP contribution in [0.15, 0.2) is 84.9 Å². The molecule has 0 radical (unpaired) electrons. The molecule has 0 aliphatic carbocycles. The highest BCUT2D eigenvalue weighted by atomic mass is 32.1. The van der Waals surface area contributed by atoms with Crippen molar-refractivity contribution in [2.75, 3.05) is 5.32 Å². The first-order chi connectivity index (χ1) is 14.3. The summed E-state index contributed by atoms with van der Waals surface area (Å²) in [6.07, 6.45) is 0. The van der Waals surface area contributed by atoms with Gasteiger partial charge in [-0.1, -0.05) is 84.1 Å². The largest absolute Gasteiger partial charge is 0.330 e. The molecule has 0 bridgehead atoms. The van der Waals surface area contributed by atoms with Gasteiger partial charge in [0.25, 0.3) is 0 Å². The molecule has 0 atom stereocenters. The Labute approximate surface area is 172 Å². The van der Waals surface area contributed by atoms with Crippen LogP contribution in [0.5, 0.6) is 0 Å². The van der Waals surface area contributed by atoms with Crippen LogP contribution in [-0.4, -0.2) is 19.8 Å². The molecule has 2 aromatic heterocycles. The molecule has 6 heteroatoms. The minimum atomic E-state index is -0.0404. The molecule has 5 rings (SSSR count). The predicted molar refractivity (Wildman–Crippen MR) is 117 cm³/mol. The van der Waals surface area contributed by atoms with Gasteiger partial charge in [-0.05, 0) is 35.7 Å². The average Bonchev–Trinajstić information content (AvgIpc) is 3.31. The third kappa shape index (κ3) is 3.50. The van der Waals surface area contributed by atoms with Gasteiger partial charge < -0.3 is 5.32 Å². The van der Waals surface area contributed by atoms with Gasteiger partial charge in [0.15, 0.2) is 5.82 Å². The number of hydrogen-bond donors (Lipinski definition) is 1. The fourth-order valence-electron chi connectivity index (χ4n) is 3.49. The van der Waals surface area contributed by atoms with Crippen LogP contribution in [0, 0.1) is 6.92 Å². The molecule has 0 saturated carbocycles. The molecule has 5 nitrogen and oxygen atoms in total. The second-order valence-corrected chi connectivity index (χ2v) is 7.86. The van der Waals surface area contributed by atoms with Gasteiger partial charge >= 0.3 is 0 Å². The van der Waals surface area contributed by atoms with Crippen molar-refractivity contribution in [3.05, 3.63) is 107 Å². The van der Waals surface area contributed by atoms with Crippen molar-refractivity contribution in [1.29, 1.82) is 0 Å². The van der Waals surface area contributed by atoms with E-state index in [1.807, 2.05) is 28.8 Å². The number of nitrogens with zero attached hydrogens (tertiary/aromatic N) is 4. The standard InChI is InChI=1S/C23H19N5S/c1-16-9-8-14-19(15-16)24-22-27-28-21(25-26-23(28)29-22)20(17-10-4-2-5-11-17)18-12-6-3-7-13-18/h2-15,20H,1H3,(H,24,27). The summed E-state index contributed by atoms with van der Waals surface area (Å²) in [4.78, 5) is 0.770. The lowest BCUT2D eigenvalue weighted by Crippen LogP contribution is -2.09. The number of rotatable bonds is 5. The first kappa shape index (κ1) is 17.6. The molecule has 0 spiro atoms. The van der Waals surface area contributed by atoms with Crippen molar-refractivity contribution in [1.82, 2.24) is 19.8 Å². The zero-order valence-electron chi connectivity index (χ0n) is 15.9. The van der Waals surface area contributed by atoms with Crippen LogP contribution in [-0.2, 0) is 0 Å². The minimum Gasteiger partial charge on any atom is -0.330 e. The van der Waals surface area contributed by atoms with E-state index in [1.54, 1.807) is 0 Å².